The molecule has 2 aliphatic carbocycles. The Morgan fingerprint density at radius 2 is 1.86 bits per heavy atom. The maximum Gasteiger partial charge on any atom is 0.454 e. The number of ketones is 1. The molecule has 0 aromatic rings. The normalized spacial score (nSPS) is 22.0. The number of rotatable bonds is 4. The summed E-state index contributed by atoms with van der Waals surface area (Å²) in [6.07, 6.45) is -1.63. The first-order valence-electron chi connectivity index (χ1n) is 6.91. The second kappa shape index (κ2) is 5.35. The van der Waals surface area contributed by atoms with E-state index in [0.717, 1.165) is 12.8 Å². The average Bonchev–Trinajstić information content (AvgIpc) is 2.86. The molecule has 0 radical (unpaired) electrons. The molecule has 1 saturated carbocycles. The van der Waals surface area contributed by atoms with Crippen molar-refractivity contribution in [3.63, 3.8) is 0 Å². The number of alkyl halides is 3. The van der Waals surface area contributed by atoms with Crippen LogP contribution in [0.15, 0.2) is 11.3 Å². The van der Waals surface area contributed by atoms with E-state index < -0.39 is 29.4 Å². The topological polar surface area (TPSA) is 55.4 Å². The number of allylic oxidation sites excluding steroid dienone is 2. The fourth-order valence-corrected chi connectivity index (χ4v) is 3.35. The Bertz CT molecular complexity index is 490. The summed E-state index contributed by atoms with van der Waals surface area (Å²) >= 11 is 0. The first-order chi connectivity index (χ1) is 9.71. The van der Waals surface area contributed by atoms with E-state index in [1.165, 1.54) is 14.0 Å². The van der Waals surface area contributed by atoms with Gasteiger partial charge in [-0.2, -0.15) is 13.2 Å². The summed E-state index contributed by atoms with van der Waals surface area (Å²) in [5.74, 6) is -2.36. The van der Waals surface area contributed by atoms with Crippen LogP contribution in [0.3, 0.4) is 0 Å². The summed E-state index contributed by atoms with van der Waals surface area (Å²) in [7, 11) is 1.20. The first-order valence-corrected chi connectivity index (χ1v) is 6.91. The van der Waals surface area contributed by atoms with Crippen LogP contribution < -0.4 is 5.32 Å². The van der Waals surface area contributed by atoms with Crippen LogP contribution in [0, 0.1) is 5.41 Å². The second-order valence-electron chi connectivity index (χ2n) is 5.73. The summed E-state index contributed by atoms with van der Waals surface area (Å²) in [5.41, 5.74) is -0.592. The molecule has 1 N–H and O–H groups in total. The third-order valence-electron chi connectivity index (χ3n) is 4.34. The van der Waals surface area contributed by atoms with E-state index in [0.29, 0.717) is 19.3 Å². The molecule has 2 rings (SSSR count). The largest absolute Gasteiger partial charge is 0.467 e. The Kier molecular flexibility index (Phi) is 4.04. The van der Waals surface area contributed by atoms with Crippen molar-refractivity contribution in [3.05, 3.63) is 11.3 Å². The van der Waals surface area contributed by atoms with Crippen molar-refractivity contribution in [1.82, 2.24) is 5.32 Å². The number of carbonyl (C=O) groups excluding carboxylic acids is 2. The third-order valence-corrected chi connectivity index (χ3v) is 4.34. The highest BCUT2D eigenvalue weighted by atomic mass is 19.4. The molecule has 118 valence electrons. The Labute approximate surface area is 120 Å². The van der Waals surface area contributed by atoms with Gasteiger partial charge in [-0.15, -0.1) is 0 Å². The van der Waals surface area contributed by atoms with Gasteiger partial charge in [0.1, 0.15) is 6.04 Å². The molecule has 1 atom stereocenters. The first kappa shape index (κ1) is 15.9. The van der Waals surface area contributed by atoms with Crippen molar-refractivity contribution in [3.8, 4) is 0 Å². The molecule has 1 fully saturated rings. The van der Waals surface area contributed by atoms with Crippen LogP contribution in [0.4, 0.5) is 13.2 Å². The van der Waals surface area contributed by atoms with Gasteiger partial charge in [0.15, 0.2) is 0 Å². The average molecular weight is 305 g/mol. The Morgan fingerprint density at radius 3 is 2.33 bits per heavy atom. The lowest BCUT2D eigenvalue weighted by Gasteiger charge is -2.43. The third kappa shape index (κ3) is 2.78. The molecule has 0 aromatic carbocycles. The van der Waals surface area contributed by atoms with Gasteiger partial charge >= 0.3 is 12.1 Å². The van der Waals surface area contributed by atoms with E-state index in [-0.39, 0.29) is 11.3 Å². The molecule has 0 bridgehead atoms. The summed E-state index contributed by atoms with van der Waals surface area (Å²) in [4.78, 5) is 23.1. The second-order valence-corrected chi connectivity index (χ2v) is 5.73. The lowest BCUT2D eigenvalue weighted by atomic mass is 9.63. The van der Waals surface area contributed by atoms with E-state index in [1.54, 1.807) is 0 Å². The van der Waals surface area contributed by atoms with Gasteiger partial charge in [0.2, 0.25) is 0 Å². The summed E-state index contributed by atoms with van der Waals surface area (Å²) < 4.78 is 42.9. The standard InChI is InChI=1S/C14H18F3NO3/c1-8(12(20)21-2)18-9-7-13(5-3-4-6-13)10(9)11(19)14(15,16)17/h8,18H,3-7H2,1-2H3. The quantitative estimate of drug-likeness (QED) is 0.811. The Morgan fingerprint density at radius 1 is 1.29 bits per heavy atom. The molecule has 0 saturated heterocycles. The van der Waals surface area contributed by atoms with Crippen LogP contribution >= 0.6 is 0 Å². The van der Waals surface area contributed by atoms with Crippen LogP contribution in [0.2, 0.25) is 0 Å². The smallest absolute Gasteiger partial charge is 0.454 e. The lowest BCUT2D eigenvalue weighted by molar-refractivity contribution is -0.168. The minimum absolute atomic E-state index is 0.178. The van der Waals surface area contributed by atoms with Gasteiger partial charge in [0, 0.05) is 16.7 Å². The predicted molar refractivity (Wildman–Crippen MR) is 68.2 cm³/mol. The zero-order valence-electron chi connectivity index (χ0n) is 12.0. The minimum atomic E-state index is -4.88. The van der Waals surface area contributed by atoms with Crippen molar-refractivity contribution in [1.29, 1.82) is 0 Å². The number of carbonyl (C=O) groups is 2. The highest BCUT2D eigenvalue weighted by Crippen LogP contribution is 2.57. The highest BCUT2D eigenvalue weighted by Gasteiger charge is 2.56. The van der Waals surface area contributed by atoms with Crippen molar-refractivity contribution < 1.29 is 27.5 Å². The summed E-state index contributed by atoms with van der Waals surface area (Å²) in [6, 6.07) is -0.778. The maximum absolute atomic E-state index is 12.8. The fourth-order valence-electron chi connectivity index (χ4n) is 3.35. The number of halogens is 3. The number of esters is 1. The van der Waals surface area contributed by atoms with Crippen LogP contribution in [-0.4, -0.2) is 31.1 Å². The van der Waals surface area contributed by atoms with E-state index in [2.05, 4.69) is 10.1 Å². The van der Waals surface area contributed by atoms with E-state index >= 15 is 0 Å². The van der Waals surface area contributed by atoms with Gasteiger partial charge < -0.3 is 10.1 Å². The van der Waals surface area contributed by atoms with Crippen molar-refractivity contribution in [2.75, 3.05) is 7.11 Å². The van der Waals surface area contributed by atoms with E-state index in [4.69, 9.17) is 0 Å². The molecule has 21 heavy (non-hydrogen) atoms. The number of Topliss-reactive ketones (excluding diaryl/α,β-unsaturated/α-hetero) is 1. The van der Waals surface area contributed by atoms with Crippen LogP contribution in [0.1, 0.15) is 39.0 Å². The maximum atomic E-state index is 12.8. The van der Waals surface area contributed by atoms with Gasteiger partial charge in [0.25, 0.3) is 5.78 Å². The van der Waals surface area contributed by atoms with Gasteiger partial charge in [0.05, 0.1) is 7.11 Å². The van der Waals surface area contributed by atoms with Crippen LogP contribution in [-0.2, 0) is 14.3 Å². The number of methoxy groups -OCH3 is 1. The summed E-state index contributed by atoms with van der Waals surface area (Å²) in [5, 5.41) is 2.71. The lowest BCUT2D eigenvalue weighted by Crippen LogP contribution is -2.47. The van der Waals surface area contributed by atoms with Gasteiger partial charge in [-0.3, -0.25) is 4.79 Å². The molecule has 0 amide bonds. The molecule has 0 aliphatic heterocycles. The van der Waals surface area contributed by atoms with Crippen molar-refractivity contribution in [2.24, 2.45) is 5.41 Å². The van der Waals surface area contributed by atoms with Gasteiger partial charge in [-0.05, 0) is 26.2 Å². The summed E-state index contributed by atoms with van der Waals surface area (Å²) in [6.45, 7) is 1.49. The van der Waals surface area contributed by atoms with Crippen molar-refractivity contribution in [2.45, 2.75) is 51.2 Å². The predicted octanol–water partition coefficient (Wildman–Crippen LogP) is 2.49. The zero-order chi connectivity index (χ0) is 15.8. The number of nitrogens with one attached hydrogen (secondary N) is 1. The molecule has 0 aromatic heterocycles. The minimum Gasteiger partial charge on any atom is -0.467 e. The highest BCUT2D eigenvalue weighted by molar-refractivity contribution is 6.03. The van der Waals surface area contributed by atoms with Crippen LogP contribution in [0.5, 0.6) is 0 Å². The SMILES string of the molecule is COC(=O)C(C)NC1=C(C(=O)C(F)(F)F)C2(CCCC2)C1. The molecule has 0 heterocycles. The van der Waals surface area contributed by atoms with E-state index in [1.807, 2.05) is 0 Å². The Balaban J connectivity index is 2.27. The number of hydrogen-bond acceptors (Lipinski definition) is 4. The Hall–Kier alpha value is -1.53. The fraction of sp³-hybridized carbons (Fsp3) is 0.714. The van der Waals surface area contributed by atoms with Crippen LogP contribution in [0.25, 0.3) is 0 Å². The van der Waals surface area contributed by atoms with Gasteiger partial charge in [-0.25, -0.2) is 4.79 Å². The molecule has 2 aliphatic rings. The molecule has 1 unspecified atom stereocenters. The molecular formula is C14H18F3NO3. The molecule has 7 heteroatoms. The van der Waals surface area contributed by atoms with Gasteiger partial charge in [-0.1, -0.05) is 12.8 Å². The van der Waals surface area contributed by atoms with E-state index in [9.17, 15) is 22.8 Å². The molecule has 4 nitrogen and oxygen atoms in total. The number of ether oxygens (including phenoxy) is 1. The zero-order valence-corrected chi connectivity index (χ0v) is 12.0. The van der Waals surface area contributed by atoms with Crippen molar-refractivity contribution >= 4 is 11.8 Å². The monoisotopic (exact) mass is 305 g/mol. The molecule has 1 spiro atoms. The molecular weight excluding hydrogens is 287 g/mol. The number of hydrogen-bond donors (Lipinski definition) is 1.